The SMILES string of the molecule is CNC(=O)c1cccc(NC(=O)COC(=O)COc2ccc(C(C)=O)cc2OC)c1. The van der Waals surface area contributed by atoms with Crippen molar-refractivity contribution in [3.05, 3.63) is 53.6 Å². The molecule has 0 saturated heterocycles. The van der Waals surface area contributed by atoms with Crippen molar-refractivity contribution in [2.75, 3.05) is 32.7 Å². The van der Waals surface area contributed by atoms with Crippen LogP contribution >= 0.6 is 0 Å². The van der Waals surface area contributed by atoms with Crippen LogP contribution in [0.25, 0.3) is 0 Å². The Labute approximate surface area is 173 Å². The summed E-state index contributed by atoms with van der Waals surface area (Å²) in [7, 11) is 2.91. The van der Waals surface area contributed by atoms with Gasteiger partial charge >= 0.3 is 5.97 Å². The predicted octanol–water partition coefficient (Wildman–Crippen LogP) is 1.82. The van der Waals surface area contributed by atoms with Crippen molar-refractivity contribution in [3.8, 4) is 11.5 Å². The molecule has 2 aromatic carbocycles. The Balaban J connectivity index is 1.84. The van der Waals surface area contributed by atoms with Crippen LogP contribution < -0.4 is 20.1 Å². The van der Waals surface area contributed by atoms with Crippen molar-refractivity contribution in [1.82, 2.24) is 5.32 Å². The molecule has 9 nitrogen and oxygen atoms in total. The Morgan fingerprint density at radius 3 is 2.37 bits per heavy atom. The maximum atomic E-state index is 12.0. The van der Waals surface area contributed by atoms with Gasteiger partial charge in [-0.3, -0.25) is 14.4 Å². The molecular formula is C21H22N2O7. The van der Waals surface area contributed by atoms with Crippen LogP contribution in [0, 0.1) is 0 Å². The summed E-state index contributed by atoms with van der Waals surface area (Å²) in [5.41, 5.74) is 1.22. The van der Waals surface area contributed by atoms with E-state index in [0.29, 0.717) is 22.6 Å². The average molecular weight is 414 g/mol. The molecule has 2 aromatic rings. The zero-order valence-corrected chi connectivity index (χ0v) is 16.8. The van der Waals surface area contributed by atoms with E-state index < -0.39 is 25.1 Å². The molecular weight excluding hydrogens is 392 g/mol. The summed E-state index contributed by atoms with van der Waals surface area (Å²) in [5.74, 6) is -1.20. The Kier molecular flexibility index (Phi) is 7.92. The molecule has 0 saturated carbocycles. The lowest BCUT2D eigenvalue weighted by Crippen LogP contribution is -2.24. The van der Waals surface area contributed by atoms with E-state index in [1.807, 2.05) is 0 Å². The van der Waals surface area contributed by atoms with Crippen LogP contribution in [0.3, 0.4) is 0 Å². The first-order valence-corrected chi connectivity index (χ1v) is 8.93. The molecule has 0 fully saturated rings. The van der Waals surface area contributed by atoms with Gasteiger partial charge in [-0.2, -0.15) is 0 Å². The standard InChI is InChI=1S/C21H22N2O7/c1-13(24)14-7-8-17(18(10-14)28-3)29-12-20(26)30-11-19(25)23-16-6-4-5-15(9-16)21(27)22-2/h4-10H,11-12H2,1-3H3,(H,22,27)(H,23,25). The highest BCUT2D eigenvalue weighted by atomic mass is 16.6. The van der Waals surface area contributed by atoms with E-state index in [9.17, 15) is 19.2 Å². The minimum absolute atomic E-state index is 0.133. The first kappa shape index (κ1) is 22.4. The lowest BCUT2D eigenvalue weighted by Gasteiger charge is -2.11. The summed E-state index contributed by atoms with van der Waals surface area (Å²) in [6, 6.07) is 10.9. The molecule has 0 aromatic heterocycles. The van der Waals surface area contributed by atoms with Crippen molar-refractivity contribution in [2.24, 2.45) is 0 Å². The van der Waals surface area contributed by atoms with Gasteiger partial charge in [-0.15, -0.1) is 0 Å². The summed E-state index contributed by atoms with van der Waals surface area (Å²) in [6.07, 6.45) is 0. The highest BCUT2D eigenvalue weighted by Gasteiger charge is 2.13. The molecule has 30 heavy (non-hydrogen) atoms. The number of amides is 2. The Morgan fingerprint density at radius 2 is 1.70 bits per heavy atom. The molecule has 0 radical (unpaired) electrons. The first-order chi connectivity index (χ1) is 14.3. The Hall–Kier alpha value is -3.88. The molecule has 2 rings (SSSR count). The van der Waals surface area contributed by atoms with E-state index in [2.05, 4.69) is 10.6 Å². The number of anilines is 1. The molecule has 2 amide bonds. The highest BCUT2D eigenvalue weighted by Crippen LogP contribution is 2.28. The van der Waals surface area contributed by atoms with E-state index in [1.54, 1.807) is 24.3 Å². The second-order valence-corrected chi connectivity index (χ2v) is 6.08. The summed E-state index contributed by atoms with van der Waals surface area (Å²) < 4.78 is 15.4. The van der Waals surface area contributed by atoms with Gasteiger partial charge in [0.25, 0.3) is 11.8 Å². The average Bonchev–Trinajstić information content (AvgIpc) is 2.75. The van der Waals surface area contributed by atoms with Gasteiger partial charge in [-0.25, -0.2) is 4.79 Å². The lowest BCUT2D eigenvalue weighted by molar-refractivity contribution is -0.149. The maximum absolute atomic E-state index is 12.0. The van der Waals surface area contributed by atoms with Crippen LogP contribution in [0.2, 0.25) is 0 Å². The van der Waals surface area contributed by atoms with Gasteiger partial charge in [0.05, 0.1) is 7.11 Å². The van der Waals surface area contributed by atoms with Crippen molar-refractivity contribution < 1.29 is 33.4 Å². The zero-order valence-electron chi connectivity index (χ0n) is 16.8. The van der Waals surface area contributed by atoms with E-state index in [4.69, 9.17) is 14.2 Å². The number of ether oxygens (including phenoxy) is 3. The van der Waals surface area contributed by atoms with E-state index >= 15 is 0 Å². The molecule has 0 aliphatic heterocycles. The second-order valence-electron chi connectivity index (χ2n) is 6.08. The number of hydrogen-bond acceptors (Lipinski definition) is 7. The van der Waals surface area contributed by atoms with Gasteiger partial charge in [-0.05, 0) is 43.3 Å². The number of rotatable bonds is 9. The van der Waals surface area contributed by atoms with Gasteiger partial charge in [0.15, 0.2) is 30.5 Å². The molecule has 2 N–H and O–H groups in total. The third kappa shape index (κ3) is 6.33. The molecule has 9 heteroatoms. The smallest absolute Gasteiger partial charge is 0.344 e. The van der Waals surface area contributed by atoms with Gasteiger partial charge in [0.2, 0.25) is 0 Å². The molecule has 0 aliphatic rings. The number of nitrogens with one attached hydrogen (secondary N) is 2. The van der Waals surface area contributed by atoms with Gasteiger partial charge in [0, 0.05) is 23.9 Å². The summed E-state index contributed by atoms with van der Waals surface area (Å²) >= 11 is 0. The molecule has 0 bridgehead atoms. The van der Waals surface area contributed by atoms with Gasteiger partial charge in [0.1, 0.15) is 0 Å². The minimum atomic E-state index is -0.762. The fourth-order valence-electron chi connectivity index (χ4n) is 2.41. The fourth-order valence-corrected chi connectivity index (χ4v) is 2.41. The number of ketones is 1. The number of methoxy groups -OCH3 is 1. The molecule has 158 valence electrons. The monoisotopic (exact) mass is 414 g/mol. The van der Waals surface area contributed by atoms with E-state index in [0.717, 1.165) is 0 Å². The molecule has 0 aliphatic carbocycles. The quantitative estimate of drug-likeness (QED) is 0.474. The van der Waals surface area contributed by atoms with Crippen LogP contribution in [-0.2, 0) is 14.3 Å². The first-order valence-electron chi connectivity index (χ1n) is 8.93. The highest BCUT2D eigenvalue weighted by molar-refractivity contribution is 5.97. The fraction of sp³-hybridized carbons (Fsp3) is 0.238. The predicted molar refractivity (Wildman–Crippen MR) is 108 cm³/mol. The normalized spacial score (nSPS) is 9.97. The van der Waals surface area contributed by atoms with Crippen LogP contribution in [0.15, 0.2) is 42.5 Å². The van der Waals surface area contributed by atoms with Crippen molar-refractivity contribution >= 4 is 29.3 Å². The third-order valence-corrected chi connectivity index (χ3v) is 3.92. The molecule has 0 atom stereocenters. The van der Waals surface area contributed by atoms with Crippen LogP contribution in [0.5, 0.6) is 11.5 Å². The van der Waals surface area contributed by atoms with Crippen LogP contribution in [-0.4, -0.2) is 50.9 Å². The Morgan fingerprint density at radius 1 is 0.933 bits per heavy atom. The number of esters is 1. The molecule has 0 unspecified atom stereocenters. The summed E-state index contributed by atoms with van der Waals surface area (Å²) in [4.78, 5) is 46.8. The van der Waals surface area contributed by atoms with Crippen molar-refractivity contribution in [1.29, 1.82) is 0 Å². The zero-order chi connectivity index (χ0) is 22.1. The molecule has 0 heterocycles. The molecule has 0 spiro atoms. The second kappa shape index (κ2) is 10.6. The van der Waals surface area contributed by atoms with E-state index in [-0.39, 0.29) is 17.4 Å². The summed E-state index contributed by atoms with van der Waals surface area (Å²) in [5, 5.41) is 5.02. The summed E-state index contributed by atoms with van der Waals surface area (Å²) in [6.45, 7) is 0.453. The van der Waals surface area contributed by atoms with Gasteiger partial charge < -0.3 is 24.8 Å². The number of Topliss-reactive ketones (excluding diaryl/α,β-unsaturated/α-hetero) is 1. The number of hydrogen-bond donors (Lipinski definition) is 2. The number of carbonyl (C=O) groups is 4. The van der Waals surface area contributed by atoms with Crippen molar-refractivity contribution in [3.63, 3.8) is 0 Å². The van der Waals surface area contributed by atoms with Crippen LogP contribution in [0.1, 0.15) is 27.6 Å². The van der Waals surface area contributed by atoms with Gasteiger partial charge in [-0.1, -0.05) is 6.07 Å². The topological polar surface area (TPSA) is 120 Å². The van der Waals surface area contributed by atoms with Crippen molar-refractivity contribution in [2.45, 2.75) is 6.92 Å². The van der Waals surface area contributed by atoms with E-state index in [1.165, 1.54) is 39.3 Å². The minimum Gasteiger partial charge on any atom is -0.493 e. The Bertz CT molecular complexity index is 956. The number of carbonyl (C=O) groups excluding carboxylic acids is 4. The maximum Gasteiger partial charge on any atom is 0.344 e. The number of benzene rings is 2. The third-order valence-electron chi connectivity index (χ3n) is 3.92. The van der Waals surface area contributed by atoms with Crippen LogP contribution in [0.4, 0.5) is 5.69 Å². The largest absolute Gasteiger partial charge is 0.493 e. The lowest BCUT2D eigenvalue weighted by atomic mass is 10.1.